The summed E-state index contributed by atoms with van der Waals surface area (Å²) in [5.74, 6) is -6.36. The molecule has 3 unspecified atom stereocenters. The smallest absolute Gasteiger partial charge is 0.419 e. The van der Waals surface area contributed by atoms with Crippen LogP contribution in [0.4, 0.5) is 32.4 Å². The Hall–Kier alpha value is -5.47. The van der Waals surface area contributed by atoms with Gasteiger partial charge in [0.1, 0.15) is 17.4 Å². The highest BCUT2D eigenvalue weighted by molar-refractivity contribution is 6.00. The molecule has 6 rings (SSSR count). The van der Waals surface area contributed by atoms with Gasteiger partial charge in [-0.15, -0.1) is 0 Å². The first kappa shape index (κ1) is 39.2. The lowest BCUT2D eigenvalue weighted by Crippen LogP contribution is -2.48. The summed E-state index contributed by atoms with van der Waals surface area (Å²) in [6, 6.07) is 8.94. The zero-order valence-corrected chi connectivity index (χ0v) is 30.1. The molecule has 55 heavy (non-hydrogen) atoms. The lowest BCUT2D eigenvalue weighted by atomic mass is 9.83. The molecule has 4 N–H and O–H groups in total. The zero-order valence-electron chi connectivity index (χ0n) is 30.1. The Kier molecular flexibility index (Phi) is 11.2. The summed E-state index contributed by atoms with van der Waals surface area (Å²) in [4.78, 5) is 52.6. The van der Waals surface area contributed by atoms with E-state index in [2.05, 4.69) is 16.0 Å². The Morgan fingerprint density at radius 3 is 2.24 bits per heavy atom. The fourth-order valence-corrected chi connectivity index (χ4v) is 7.79. The van der Waals surface area contributed by atoms with Crippen LogP contribution in [0.3, 0.4) is 0 Å². The van der Waals surface area contributed by atoms with Crippen LogP contribution in [0.5, 0.6) is 5.75 Å². The molecule has 292 valence electrons. The van der Waals surface area contributed by atoms with Crippen LogP contribution in [-0.2, 0) is 20.5 Å². The molecule has 3 amide bonds. The first-order chi connectivity index (χ1) is 26.0. The molecule has 0 heterocycles. The first-order valence-electron chi connectivity index (χ1n) is 17.9. The maximum absolute atomic E-state index is 15.4. The van der Waals surface area contributed by atoms with Gasteiger partial charge in [0.25, 0.3) is 5.91 Å². The van der Waals surface area contributed by atoms with Crippen LogP contribution in [-0.4, -0.2) is 48.2 Å². The van der Waals surface area contributed by atoms with E-state index in [0.29, 0.717) is 25.0 Å². The number of carboxylic acid groups (broad SMARTS) is 1. The number of ether oxygens (including phenoxy) is 2. The molecular weight excluding hydrogens is 729 g/mol. The van der Waals surface area contributed by atoms with Gasteiger partial charge >= 0.3 is 18.2 Å². The SMILES string of the molecule is COc1ccc(-c2cc(C(OC(=O)NC3CCC3)C(=O)O)ccc2F)cc1C(=O)N[C@@H]1C2CCC(/C2=C/C(C)C)[C@@H]1C(=O)Nc1ccc(F)c(C(F)(F)F)c1. The molecule has 2 bridgehead atoms. The number of carbonyl (C=O) groups is 4. The Balaban J connectivity index is 1.29. The number of rotatable bonds is 11. The minimum Gasteiger partial charge on any atom is -0.496 e. The van der Waals surface area contributed by atoms with Gasteiger partial charge in [0, 0.05) is 34.8 Å². The van der Waals surface area contributed by atoms with Crippen LogP contribution in [0, 0.1) is 35.3 Å². The number of amides is 3. The summed E-state index contributed by atoms with van der Waals surface area (Å²) < 4.78 is 80.4. The lowest BCUT2D eigenvalue weighted by molar-refractivity contribution is -0.147. The predicted octanol–water partition coefficient (Wildman–Crippen LogP) is 8.04. The number of methoxy groups -OCH3 is 1. The summed E-state index contributed by atoms with van der Waals surface area (Å²) in [7, 11) is 1.33. The second kappa shape index (κ2) is 15.7. The molecule has 0 spiro atoms. The number of carboxylic acids is 1. The Labute approximate surface area is 313 Å². The van der Waals surface area contributed by atoms with Crippen LogP contribution < -0.4 is 20.7 Å². The van der Waals surface area contributed by atoms with Gasteiger partial charge in [0.05, 0.1) is 24.2 Å². The van der Waals surface area contributed by atoms with E-state index in [-0.39, 0.29) is 57.5 Å². The van der Waals surface area contributed by atoms with Gasteiger partial charge in [-0.05, 0) is 92.0 Å². The van der Waals surface area contributed by atoms with E-state index in [4.69, 9.17) is 9.47 Å². The minimum atomic E-state index is -4.99. The fraction of sp³-hybridized carbons (Fsp3) is 0.400. The lowest BCUT2D eigenvalue weighted by Gasteiger charge is -2.30. The molecule has 0 aliphatic heterocycles. The highest BCUT2D eigenvalue weighted by Gasteiger charge is 2.54. The van der Waals surface area contributed by atoms with E-state index in [9.17, 15) is 41.8 Å². The van der Waals surface area contributed by atoms with Crippen molar-refractivity contribution in [2.75, 3.05) is 12.4 Å². The summed E-state index contributed by atoms with van der Waals surface area (Å²) in [5, 5.41) is 17.9. The largest absolute Gasteiger partial charge is 0.496 e. The topological polar surface area (TPSA) is 143 Å². The predicted molar refractivity (Wildman–Crippen MR) is 190 cm³/mol. The van der Waals surface area contributed by atoms with Crippen molar-refractivity contribution in [3.8, 4) is 16.9 Å². The third-order valence-corrected chi connectivity index (χ3v) is 10.5. The minimum absolute atomic E-state index is 0.0294. The zero-order chi connectivity index (χ0) is 39.8. The van der Waals surface area contributed by atoms with Crippen LogP contribution in [0.1, 0.15) is 73.5 Å². The Morgan fingerprint density at radius 2 is 1.60 bits per heavy atom. The highest BCUT2D eigenvalue weighted by atomic mass is 19.4. The molecule has 0 saturated heterocycles. The number of alkyl halides is 3. The number of alkyl carbamates (subject to hydrolysis) is 1. The van der Waals surface area contributed by atoms with Crippen LogP contribution >= 0.6 is 0 Å². The third kappa shape index (κ3) is 8.30. The van der Waals surface area contributed by atoms with Crippen molar-refractivity contribution >= 4 is 29.6 Å². The van der Waals surface area contributed by atoms with Crippen LogP contribution in [0.2, 0.25) is 0 Å². The number of aliphatic carboxylic acids is 1. The van der Waals surface area contributed by atoms with E-state index in [1.165, 1.54) is 37.4 Å². The van der Waals surface area contributed by atoms with Crippen LogP contribution in [0.25, 0.3) is 11.1 Å². The molecule has 3 fully saturated rings. The maximum Gasteiger partial charge on any atom is 0.419 e. The maximum atomic E-state index is 15.4. The first-order valence-corrected chi connectivity index (χ1v) is 17.9. The summed E-state index contributed by atoms with van der Waals surface area (Å²) in [5.41, 5.74) is -0.842. The molecular formula is C40H40F5N3O7. The van der Waals surface area contributed by atoms with Gasteiger partial charge in [0.2, 0.25) is 12.0 Å². The molecule has 3 saturated carbocycles. The van der Waals surface area contributed by atoms with Gasteiger partial charge in [-0.3, -0.25) is 9.59 Å². The number of nitrogens with one attached hydrogen (secondary N) is 3. The number of halogens is 5. The quantitative estimate of drug-likeness (QED) is 0.114. The third-order valence-electron chi connectivity index (χ3n) is 10.5. The van der Waals surface area contributed by atoms with E-state index >= 15 is 4.39 Å². The average Bonchev–Trinajstić information content (AvgIpc) is 3.62. The average molecular weight is 770 g/mol. The summed E-state index contributed by atoms with van der Waals surface area (Å²) in [6.07, 6.45) is -2.00. The molecule has 10 nitrogen and oxygen atoms in total. The number of fused-ring (bicyclic) bond motifs is 2. The number of allylic oxidation sites excluding steroid dienone is 1. The number of benzene rings is 3. The fourth-order valence-electron chi connectivity index (χ4n) is 7.79. The van der Waals surface area contributed by atoms with Gasteiger partial charge in [-0.2, -0.15) is 13.2 Å². The molecule has 0 aromatic heterocycles. The molecule has 3 aliphatic carbocycles. The normalized spacial score (nSPS) is 21.9. The second-order valence-corrected chi connectivity index (χ2v) is 14.5. The Morgan fingerprint density at radius 1 is 0.891 bits per heavy atom. The summed E-state index contributed by atoms with van der Waals surface area (Å²) in [6.45, 7) is 3.92. The number of hydrogen-bond donors (Lipinski definition) is 4. The van der Waals surface area contributed by atoms with E-state index < -0.39 is 65.3 Å². The standard InChI is InChI=1S/C40H40F5N3O7/c1-19(2)15-27-24-10-11-25(27)34(33(24)37(50)46-23-9-13-31(42)29(18-23)40(43,44)45)48-36(49)28-16-20(8-14-32(28)54-3)26-17-21(7-12-30(26)41)35(38(51)52)55-39(53)47-22-5-4-6-22/h7-9,12-19,22,24-25,33-35H,4-6,10-11H2,1-3H3,(H,46,50)(H,47,53)(H,48,49)(H,51,52)/b27-15-/t24?,25?,33-,34+,35?/m0/s1. The van der Waals surface area contributed by atoms with Crippen molar-refractivity contribution < 1.29 is 55.7 Å². The second-order valence-electron chi connectivity index (χ2n) is 14.5. The van der Waals surface area contributed by atoms with Crippen molar-refractivity contribution in [1.29, 1.82) is 0 Å². The van der Waals surface area contributed by atoms with E-state index in [1.807, 2.05) is 19.9 Å². The van der Waals surface area contributed by atoms with Gasteiger partial charge in [-0.25, -0.2) is 18.4 Å². The molecule has 3 aliphatic rings. The molecule has 3 aromatic rings. The highest BCUT2D eigenvalue weighted by Crippen LogP contribution is 2.53. The summed E-state index contributed by atoms with van der Waals surface area (Å²) >= 11 is 0. The van der Waals surface area contributed by atoms with E-state index in [1.54, 1.807) is 0 Å². The van der Waals surface area contributed by atoms with Crippen molar-refractivity contribution in [1.82, 2.24) is 10.6 Å². The molecule has 0 radical (unpaired) electrons. The van der Waals surface area contributed by atoms with Gasteiger partial charge < -0.3 is 30.5 Å². The monoisotopic (exact) mass is 769 g/mol. The van der Waals surface area contributed by atoms with E-state index in [0.717, 1.165) is 37.0 Å². The Bertz CT molecular complexity index is 2030. The van der Waals surface area contributed by atoms with Gasteiger partial charge in [-0.1, -0.05) is 37.6 Å². The van der Waals surface area contributed by atoms with Crippen molar-refractivity contribution in [2.45, 2.75) is 70.3 Å². The molecule has 15 heteroatoms. The number of anilines is 1. The molecule has 5 atom stereocenters. The van der Waals surface area contributed by atoms with Crippen molar-refractivity contribution in [3.63, 3.8) is 0 Å². The van der Waals surface area contributed by atoms with Gasteiger partial charge in [0.15, 0.2) is 0 Å². The van der Waals surface area contributed by atoms with Crippen LogP contribution in [0.15, 0.2) is 66.2 Å². The number of carbonyl (C=O) groups excluding carboxylic acids is 3. The number of hydrogen-bond acceptors (Lipinski definition) is 6. The van der Waals surface area contributed by atoms with Crippen molar-refractivity contribution in [2.24, 2.45) is 23.7 Å². The molecule has 3 aromatic carbocycles. The van der Waals surface area contributed by atoms with Crippen molar-refractivity contribution in [3.05, 3.63) is 94.6 Å².